The molecule has 3 aromatic rings. The molecule has 0 saturated heterocycles. The van der Waals surface area contributed by atoms with E-state index in [1.807, 2.05) is 36.4 Å². The molecule has 216 valence electrons. The number of ether oxygens (including phenoxy) is 2. The maximum absolute atomic E-state index is 13.1. The van der Waals surface area contributed by atoms with Crippen molar-refractivity contribution in [1.29, 1.82) is 0 Å². The Balaban J connectivity index is 1.61. The fourth-order valence-electron chi connectivity index (χ4n) is 4.02. The Morgan fingerprint density at radius 2 is 1.56 bits per heavy atom. The number of carbonyl (C=O) groups is 5. The molecule has 0 saturated carbocycles. The first kappa shape index (κ1) is 30.6. The summed E-state index contributed by atoms with van der Waals surface area (Å²) in [6.45, 7) is 3.87. The van der Waals surface area contributed by atoms with Gasteiger partial charge in [-0.05, 0) is 29.5 Å². The second kappa shape index (κ2) is 14.5. The van der Waals surface area contributed by atoms with Gasteiger partial charge in [-0.25, -0.2) is 0 Å². The van der Waals surface area contributed by atoms with Crippen LogP contribution in [0, 0.1) is 5.92 Å². The fraction of sp³-hybridized carbons (Fsp3) is 0.300. The summed E-state index contributed by atoms with van der Waals surface area (Å²) in [5, 5.41) is 18.8. The van der Waals surface area contributed by atoms with Crippen LogP contribution in [0.4, 0.5) is 5.69 Å². The summed E-state index contributed by atoms with van der Waals surface area (Å²) in [5.74, 6) is -3.15. The average molecular weight is 564 g/mol. The number of carbonyl (C=O) groups excluding carboxylic acids is 4. The zero-order valence-corrected chi connectivity index (χ0v) is 23.0. The van der Waals surface area contributed by atoms with Crippen molar-refractivity contribution in [3.63, 3.8) is 0 Å². The van der Waals surface area contributed by atoms with Crippen molar-refractivity contribution in [2.45, 2.75) is 39.3 Å². The number of benzene rings is 3. The number of hydrogen-bond acceptors (Lipinski definition) is 7. The number of hydrogen-bond donors (Lipinski definition) is 4. The van der Waals surface area contributed by atoms with Gasteiger partial charge in [-0.3, -0.25) is 24.0 Å². The maximum atomic E-state index is 13.1. The van der Waals surface area contributed by atoms with Crippen LogP contribution < -0.4 is 25.4 Å². The molecule has 2 atom stereocenters. The topological polar surface area (TPSA) is 160 Å². The van der Waals surface area contributed by atoms with Gasteiger partial charge in [0, 0.05) is 24.1 Å². The molecular weight excluding hydrogens is 530 g/mol. The quantitative estimate of drug-likeness (QED) is 0.233. The van der Waals surface area contributed by atoms with Crippen LogP contribution >= 0.6 is 0 Å². The average Bonchev–Trinajstić information content (AvgIpc) is 2.92. The van der Waals surface area contributed by atoms with E-state index in [1.54, 1.807) is 38.1 Å². The zero-order chi connectivity index (χ0) is 29.9. The number of anilines is 1. The van der Waals surface area contributed by atoms with E-state index in [9.17, 15) is 29.1 Å². The van der Waals surface area contributed by atoms with Crippen LogP contribution in [0.5, 0.6) is 11.5 Å². The molecule has 41 heavy (non-hydrogen) atoms. The third-order valence-corrected chi connectivity index (χ3v) is 5.99. The molecule has 3 amide bonds. The van der Waals surface area contributed by atoms with E-state index in [0.29, 0.717) is 11.4 Å². The molecule has 0 bridgehead atoms. The van der Waals surface area contributed by atoms with Crippen molar-refractivity contribution in [2.75, 3.05) is 18.5 Å². The summed E-state index contributed by atoms with van der Waals surface area (Å²) in [6.07, 6.45) is -0.678. The zero-order valence-electron chi connectivity index (χ0n) is 23.0. The van der Waals surface area contributed by atoms with Gasteiger partial charge in [-0.15, -0.1) is 0 Å². The van der Waals surface area contributed by atoms with Crippen molar-refractivity contribution in [2.24, 2.45) is 5.92 Å². The number of amides is 3. The molecule has 11 heteroatoms. The van der Waals surface area contributed by atoms with E-state index in [4.69, 9.17) is 9.47 Å². The first-order valence-electron chi connectivity index (χ1n) is 13.0. The molecule has 0 fully saturated rings. The van der Waals surface area contributed by atoms with Gasteiger partial charge in [0.1, 0.15) is 30.2 Å². The summed E-state index contributed by atoms with van der Waals surface area (Å²) < 4.78 is 11.2. The Labute approximate surface area is 237 Å². The molecule has 0 aliphatic heterocycles. The van der Waals surface area contributed by atoms with Crippen molar-refractivity contribution < 1.29 is 38.6 Å². The molecular formula is C30H33N3O8. The number of carboxylic acid groups (broad SMARTS) is 1. The van der Waals surface area contributed by atoms with Crippen LogP contribution in [0.15, 0.2) is 66.7 Å². The van der Waals surface area contributed by atoms with Crippen LogP contribution in [-0.4, -0.2) is 59.9 Å². The third-order valence-electron chi connectivity index (χ3n) is 5.99. The number of rotatable bonds is 14. The van der Waals surface area contributed by atoms with Gasteiger partial charge in [0.2, 0.25) is 11.8 Å². The van der Waals surface area contributed by atoms with Crippen LogP contribution in [-0.2, 0) is 24.0 Å². The number of carboxylic acids is 1. The van der Waals surface area contributed by atoms with E-state index < -0.39 is 48.7 Å². The van der Waals surface area contributed by atoms with E-state index in [-0.39, 0.29) is 24.2 Å². The normalized spacial score (nSPS) is 12.2. The van der Waals surface area contributed by atoms with Gasteiger partial charge >= 0.3 is 5.97 Å². The Bertz CT molecular complexity index is 1420. The SMILES string of the molecule is CC(=O)Nc1cccc(OCC(=O)[C@H](CC(=O)O)NC(=O)[C@@H](NC(=O)COc2cccc3ccccc23)C(C)C)c1. The highest BCUT2D eigenvalue weighted by Gasteiger charge is 2.30. The largest absolute Gasteiger partial charge is 0.486 e. The minimum Gasteiger partial charge on any atom is -0.486 e. The van der Waals surface area contributed by atoms with Crippen LogP contribution in [0.2, 0.25) is 0 Å². The number of nitrogens with one attached hydrogen (secondary N) is 3. The van der Waals surface area contributed by atoms with Crippen LogP contribution in [0.3, 0.4) is 0 Å². The van der Waals surface area contributed by atoms with E-state index in [1.165, 1.54) is 13.0 Å². The third kappa shape index (κ3) is 9.34. The standard InChI is InChI=1S/C30H33N3O8/c1-18(2)29(33-27(36)17-41-26-13-6-9-20-8-4-5-12-23(20)26)30(39)32-24(15-28(37)38)25(35)16-40-22-11-7-10-21(14-22)31-19(3)34/h4-14,18,24,29H,15-17H2,1-3H3,(H,31,34)(H,32,39)(H,33,36)(H,37,38)/t24-,29-/m0/s1. The lowest BCUT2D eigenvalue weighted by Gasteiger charge is -2.24. The Morgan fingerprint density at radius 3 is 2.27 bits per heavy atom. The van der Waals surface area contributed by atoms with Gasteiger partial charge in [-0.2, -0.15) is 0 Å². The summed E-state index contributed by atoms with van der Waals surface area (Å²) in [4.78, 5) is 61.4. The van der Waals surface area contributed by atoms with Crippen molar-refractivity contribution in [1.82, 2.24) is 10.6 Å². The van der Waals surface area contributed by atoms with Gasteiger partial charge in [-0.1, -0.05) is 56.3 Å². The Morgan fingerprint density at radius 1 is 0.854 bits per heavy atom. The molecule has 0 unspecified atom stereocenters. The smallest absolute Gasteiger partial charge is 0.305 e. The molecule has 0 heterocycles. The van der Waals surface area contributed by atoms with Crippen molar-refractivity contribution in [3.05, 3.63) is 66.7 Å². The molecule has 0 aromatic heterocycles. The molecule has 0 aliphatic rings. The van der Waals surface area contributed by atoms with Gasteiger partial charge in [0.25, 0.3) is 5.91 Å². The highest BCUT2D eigenvalue weighted by Crippen LogP contribution is 2.25. The highest BCUT2D eigenvalue weighted by molar-refractivity contribution is 5.95. The minimum absolute atomic E-state index is 0.267. The lowest BCUT2D eigenvalue weighted by atomic mass is 10.0. The summed E-state index contributed by atoms with van der Waals surface area (Å²) >= 11 is 0. The maximum Gasteiger partial charge on any atom is 0.305 e. The molecule has 3 aromatic carbocycles. The number of fused-ring (bicyclic) bond motifs is 1. The van der Waals surface area contributed by atoms with E-state index in [0.717, 1.165) is 10.8 Å². The van der Waals surface area contributed by atoms with E-state index in [2.05, 4.69) is 16.0 Å². The van der Waals surface area contributed by atoms with Crippen molar-refractivity contribution in [3.8, 4) is 11.5 Å². The summed E-state index contributed by atoms with van der Waals surface area (Å²) in [5.41, 5.74) is 0.456. The fourth-order valence-corrected chi connectivity index (χ4v) is 4.02. The highest BCUT2D eigenvalue weighted by atomic mass is 16.5. The van der Waals surface area contributed by atoms with Crippen LogP contribution in [0.25, 0.3) is 10.8 Å². The molecule has 0 radical (unpaired) electrons. The molecule has 3 rings (SSSR count). The lowest BCUT2D eigenvalue weighted by molar-refractivity contribution is -0.141. The Hall–Kier alpha value is -4.93. The first-order valence-corrected chi connectivity index (χ1v) is 13.0. The van der Waals surface area contributed by atoms with E-state index >= 15 is 0 Å². The molecule has 0 aliphatic carbocycles. The minimum atomic E-state index is -1.40. The van der Waals surface area contributed by atoms with Crippen LogP contribution in [0.1, 0.15) is 27.2 Å². The Kier molecular flexibility index (Phi) is 10.8. The molecule has 11 nitrogen and oxygen atoms in total. The van der Waals surface area contributed by atoms with Crippen molar-refractivity contribution >= 4 is 45.9 Å². The number of aliphatic carboxylic acids is 1. The lowest BCUT2D eigenvalue weighted by Crippen LogP contribution is -2.55. The van der Waals surface area contributed by atoms with Gasteiger partial charge in [0.05, 0.1) is 6.42 Å². The molecule has 4 N–H and O–H groups in total. The van der Waals surface area contributed by atoms with Gasteiger partial charge < -0.3 is 30.5 Å². The number of Topliss-reactive ketones (excluding diaryl/α,β-unsaturated/α-hetero) is 1. The number of ketones is 1. The van der Waals surface area contributed by atoms with Gasteiger partial charge in [0.15, 0.2) is 12.4 Å². The summed E-state index contributed by atoms with van der Waals surface area (Å²) in [6, 6.07) is 16.9. The predicted octanol–water partition coefficient (Wildman–Crippen LogP) is 2.93. The second-order valence-corrected chi connectivity index (χ2v) is 9.68. The summed E-state index contributed by atoms with van der Waals surface area (Å²) in [7, 11) is 0. The second-order valence-electron chi connectivity index (χ2n) is 9.68. The predicted molar refractivity (Wildman–Crippen MR) is 152 cm³/mol. The molecule has 0 spiro atoms. The first-order chi connectivity index (χ1) is 19.5. The monoisotopic (exact) mass is 563 g/mol.